The summed E-state index contributed by atoms with van der Waals surface area (Å²) in [7, 11) is 9.78. The van der Waals surface area contributed by atoms with Crippen LogP contribution in [-0.2, 0) is 27.9 Å². The van der Waals surface area contributed by atoms with Crippen molar-refractivity contribution >= 4 is 30.5 Å². The maximum absolute atomic E-state index is 14.1. The van der Waals surface area contributed by atoms with Gasteiger partial charge in [-0.3, -0.25) is 0 Å². The van der Waals surface area contributed by atoms with Crippen molar-refractivity contribution < 1.29 is 44.1 Å². The molecule has 0 saturated carbocycles. The standard InChI is InChI=1S/C26H24F5NO.2ClH.Ti/c1-25(2,3)16-11-14(13-32-23-21(30)19(28)18(27)20(29)22(23)31)24(33)17(12-16)26(4,5)15-9-7-6-8-10-15;;;/h6-13,33H,1-5H3;2*1H;/q;;;+2/p-2. The summed E-state index contributed by atoms with van der Waals surface area (Å²) in [5.74, 6) is -10.7. The summed E-state index contributed by atoms with van der Waals surface area (Å²) >= 11 is -0.556. The fourth-order valence-corrected chi connectivity index (χ4v) is 3.52. The number of benzene rings is 3. The van der Waals surface area contributed by atoms with Gasteiger partial charge in [-0.15, -0.1) is 0 Å². The molecule has 1 N–H and O–H groups in total. The predicted molar refractivity (Wildman–Crippen MR) is 131 cm³/mol. The van der Waals surface area contributed by atoms with Crippen molar-refractivity contribution in [3.05, 3.63) is 93.8 Å². The quantitative estimate of drug-likeness (QED) is 0.108. The molecule has 0 spiro atoms. The summed E-state index contributed by atoms with van der Waals surface area (Å²) in [6, 6.07) is 12.8. The fourth-order valence-electron chi connectivity index (χ4n) is 3.52. The molecular weight excluding hydrogens is 556 g/mol. The van der Waals surface area contributed by atoms with E-state index >= 15 is 0 Å². The van der Waals surface area contributed by atoms with Crippen LogP contribution < -0.4 is 0 Å². The second kappa shape index (κ2) is 12.1. The summed E-state index contributed by atoms with van der Waals surface area (Å²) in [5.41, 5.74) is -0.0456. The third-order valence-corrected chi connectivity index (χ3v) is 5.69. The molecular formula is C26H24Cl2F5NOTi. The van der Waals surface area contributed by atoms with Gasteiger partial charge < -0.3 is 5.11 Å². The molecule has 0 atom stereocenters. The predicted octanol–water partition coefficient (Wildman–Crippen LogP) is 8.84. The van der Waals surface area contributed by atoms with Crippen LogP contribution in [0.5, 0.6) is 5.75 Å². The van der Waals surface area contributed by atoms with Gasteiger partial charge >= 0.3 is 35.6 Å². The maximum atomic E-state index is 14.1. The zero-order valence-corrected chi connectivity index (χ0v) is 23.2. The first kappa shape index (κ1) is 30.3. The van der Waals surface area contributed by atoms with E-state index in [9.17, 15) is 27.1 Å². The third-order valence-electron chi connectivity index (χ3n) is 5.69. The van der Waals surface area contributed by atoms with Crippen molar-refractivity contribution in [1.82, 2.24) is 0 Å². The molecule has 0 aromatic heterocycles. The van der Waals surface area contributed by atoms with E-state index in [4.69, 9.17) is 18.6 Å². The number of rotatable bonds is 4. The number of hydrogen-bond acceptors (Lipinski definition) is 2. The molecule has 0 radical (unpaired) electrons. The van der Waals surface area contributed by atoms with Crippen LogP contribution in [0.3, 0.4) is 0 Å². The Labute approximate surface area is 223 Å². The number of hydrogen-bond donors (Lipinski definition) is 1. The Morgan fingerprint density at radius 3 is 1.72 bits per heavy atom. The molecule has 0 heterocycles. The van der Waals surface area contributed by atoms with E-state index in [1.54, 1.807) is 6.07 Å². The van der Waals surface area contributed by atoms with Crippen LogP contribution in [0.2, 0.25) is 0 Å². The van der Waals surface area contributed by atoms with Gasteiger partial charge in [0.05, 0.1) is 0 Å². The number of phenols is 1. The zero-order chi connectivity index (χ0) is 27.4. The molecule has 0 aliphatic rings. The van der Waals surface area contributed by atoms with Gasteiger partial charge in [0.2, 0.25) is 5.82 Å². The van der Waals surface area contributed by atoms with Crippen molar-refractivity contribution in [3.63, 3.8) is 0 Å². The Bertz CT molecular complexity index is 1230. The Hall–Kier alpha value is -1.93. The number of phenolic OH excluding ortho intramolecular Hbond substituents is 1. The van der Waals surface area contributed by atoms with Gasteiger partial charge in [0, 0.05) is 22.8 Å². The van der Waals surface area contributed by atoms with Crippen LogP contribution >= 0.6 is 18.6 Å². The molecule has 0 fully saturated rings. The third kappa shape index (κ3) is 6.49. The number of aliphatic imine (C=N–C) groups is 1. The van der Waals surface area contributed by atoms with E-state index in [2.05, 4.69) is 4.99 Å². The molecule has 3 aromatic carbocycles. The minimum absolute atomic E-state index is 0.0883. The Morgan fingerprint density at radius 1 is 0.778 bits per heavy atom. The molecule has 0 aliphatic heterocycles. The summed E-state index contributed by atoms with van der Waals surface area (Å²) in [6.45, 7) is 9.67. The van der Waals surface area contributed by atoms with Gasteiger partial charge in [0.1, 0.15) is 11.4 Å². The van der Waals surface area contributed by atoms with Crippen LogP contribution in [-0.4, -0.2) is 11.3 Å². The van der Waals surface area contributed by atoms with Gasteiger partial charge in [0.25, 0.3) is 0 Å². The van der Waals surface area contributed by atoms with Crippen LogP contribution in [0, 0.1) is 29.1 Å². The first-order valence-corrected chi connectivity index (χ1v) is 14.9. The van der Waals surface area contributed by atoms with E-state index in [1.807, 2.05) is 71.0 Å². The van der Waals surface area contributed by atoms with Crippen molar-refractivity contribution in [3.8, 4) is 5.75 Å². The van der Waals surface area contributed by atoms with E-state index in [0.717, 1.165) is 17.3 Å². The van der Waals surface area contributed by atoms with Gasteiger partial charge in [0.15, 0.2) is 23.3 Å². The SMILES string of the molecule is CC(C)(C)c1cc(C=Nc2c(F)c(F)c(F)c(F)c2F)c(O)c(C(C)(C)c2ccccc2)c1.[Cl][Ti][Cl]. The Balaban J connectivity index is 0.00000145. The van der Waals surface area contributed by atoms with Crippen LogP contribution in [0.1, 0.15) is 56.9 Å². The minimum atomic E-state index is -2.26. The summed E-state index contributed by atoms with van der Waals surface area (Å²) < 4.78 is 68.6. The molecule has 2 nitrogen and oxygen atoms in total. The molecule has 0 bridgehead atoms. The van der Waals surface area contributed by atoms with Crippen LogP contribution in [0.4, 0.5) is 27.6 Å². The van der Waals surface area contributed by atoms with E-state index in [0.29, 0.717) is 5.56 Å². The van der Waals surface area contributed by atoms with Gasteiger partial charge in [-0.2, -0.15) is 0 Å². The van der Waals surface area contributed by atoms with E-state index in [-0.39, 0.29) is 16.7 Å². The van der Waals surface area contributed by atoms with Crippen molar-refractivity contribution in [1.29, 1.82) is 0 Å². The first-order valence-electron chi connectivity index (χ1n) is 10.6. The van der Waals surface area contributed by atoms with Crippen molar-refractivity contribution in [2.75, 3.05) is 0 Å². The Morgan fingerprint density at radius 2 is 1.25 bits per heavy atom. The van der Waals surface area contributed by atoms with Gasteiger partial charge in [-0.25, -0.2) is 26.9 Å². The van der Waals surface area contributed by atoms with E-state index in [1.165, 1.54) is 0 Å². The van der Waals surface area contributed by atoms with Crippen molar-refractivity contribution in [2.24, 2.45) is 4.99 Å². The summed E-state index contributed by atoms with van der Waals surface area (Å²) in [4.78, 5) is 3.54. The molecule has 3 aromatic rings. The zero-order valence-electron chi connectivity index (χ0n) is 20.2. The van der Waals surface area contributed by atoms with E-state index < -0.39 is 57.2 Å². The molecule has 0 saturated heterocycles. The normalized spacial score (nSPS) is 11.9. The summed E-state index contributed by atoms with van der Waals surface area (Å²) in [6.07, 6.45) is 0.910. The summed E-state index contributed by atoms with van der Waals surface area (Å²) in [5, 5.41) is 11.1. The molecule has 0 amide bonds. The monoisotopic (exact) mass is 579 g/mol. The average Bonchev–Trinajstić information content (AvgIpc) is 2.82. The molecule has 36 heavy (non-hydrogen) atoms. The second-order valence-electron chi connectivity index (χ2n) is 9.45. The number of nitrogens with zero attached hydrogens (tertiary/aromatic N) is 1. The number of halogens is 7. The Kier molecular flexibility index (Phi) is 10.2. The van der Waals surface area contributed by atoms with Crippen molar-refractivity contribution in [2.45, 2.75) is 45.4 Å². The van der Waals surface area contributed by atoms with Gasteiger partial charge in [-0.05, 0) is 22.6 Å². The van der Waals surface area contributed by atoms with Crippen LogP contribution in [0.15, 0.2) is 47.5 Å². The topological polar surface area (TPSA) is 32.6 Å². The van der Waals surface area contributed by atoms with Crippen LogP contribution in [0.25, 0.3) is 0 Å². The average molecular weight is 580 g/mol. The molecule has 192 valence electrons. The molecule has 10 heteroatoms. The molecule has 3 rings (SSSR count). The first-order chi connectivity index (χ1) is 16.7. The van der Waals surface area contributed by atoms with Gasteiger partial charge in [-0.1, -0.05) is 71.0 Å². The number of aromatic hydroxyl groups is 1. The fraction of sp³-hybridized carbons (Fsp3) is 0.269. The molecule has 0 unspecified atom stereocenters. The second-order valence-corrected chi connectivity index (χ2v) is 12.0. The molecule has 0 aliphatic carbocycles.